The SMILES string of the molecule is [B]C([B])(c1ccnc(-c2ccc3c(c2)oc2cc4ccccc4cc23)c1)C1CCCCC1. The number of fused-ring (bicyclic) bond motifs is 4. The largest absolute Gasteiger partial charge is 0.456 e. The third kappa shape index (κ3) is 3.24. The molecule has 32 heavy (non-hydrogen) atoms. The van der Waals surface area contributed by atoms with Crippen LogP contribution in [-0.2, 0) is 5.21 Å². The molecule has 2 heterocycles. The number of aromatic nitrogens is 1. The minimum Gasteiger partial charge on any atom is -0.456 e. The highest BCUT2D eigenvalue weighted by Gasteiger charge is 2.31. The van der Waals surface area contributed by atoms with Gasteiger partial charge >= 0.3 is 0 Å². The molecule has 1 saturated carbocycles. The van der Waals surface area contributed by atoms with Crippen LogP contribution < -0.4 is 0 Å². The van der Waals surface area contributed by atoms with Crippen molar-refractivity contribution in [3.63, 3.8) is 0 Å². The minimum absolute atomic E-state index is 0.304. The van der Waals surface area contributed by atoms with Crippen molar-refractivity contribution >= 4 is 48.4 Å². The Bertz CT molecular complexity index is 1450. The molecule has 0 N–H and O–H groups in total. The van der Waals surface area contributed by atoms with Gasteiger partial charge in [0.05, 0.1) is 21.4 Å². The summed E-state index contributed by atoms with van der Waals surface area (Å²) in [5, 5.41) is 3.80. The lowest BCUT2D eigenvalue weighted by atomic mass is 9.43. The zero-order chi connectivity index (χ0) is 21.7. The third-order valence-electron chi connectivity index (χ3n) is 7.18. The maximum atomic E-state index is 6.68. The number of hydrogen-bond donors (Lipinski definition) is 0. The Hall–Kier alpha value is -3.00. The van der Waals surface area contributed by atoms with Gasteiger partial charge in [0.2, 0.25) is 0 Å². The average Bonchev–Trinajstić information content (AvgIpc) is 3.19. The fraction of sp³-hybridized carbons (Fsp3) is 0.250. The number of nitrogens with zero attached hydrogens (tertiary/aromatic N) is 1. The van der Waals surface area contributed by atoms with Crippen LogP contribution in [0.2, 0.25) is 0 Å². The lowest BCUT2D eigenvalue weighted by Gasteiger charge is -2.38. The summed E-state index contributed by atoms with van der Waals surface area (Å²) in [6, 6.07) is 23.0. The molecule has 0 saturated heterocycles. The predicted octanol–water partition coefficient (Wildman–Crippen LogP) is 6.87. The standard InChI is InChI=1S/C28H23B2NO/c29-28(30,21-8-2-1-3-9-21)22-12-13-31-25(17-22)20-10-11-23-24-14-18-6-4-5-7-19(18)15-27(24)32-26(23)16-20/h4-7,10-17,21H,1-3,8-9H2. The van der Waals surface area contributed by atoms with Crippen molar-refractivity contribution in [2.24, 2.45) is 5.92 Å². The van der Waals surface area contributed by atoms with Crippen molar-refractivity contribution < 1.29 is 4.42 Å². The van der Waals surface area contributed by atoms with Gasteiger partial charge in [-0.15, -0.1) is 0 Å². The van der Waals surface area contributed by atoms with Crippen molar-refractivity contribution in [1.82, 2.24) is 4.98 Å². The fourth-order valence-electron chi connectivity index (χ4n) is 5.30. The molecule has 6 rings (SSSR count). The molecular weight excluding hydrogens is 388 g/mol. The summed E-state index contributed by atoms with van der Waals surface area (Å²) < 4.78 is 6.24. The van der Waals surface area contributed by atoms with E-state index < -0.39 is 5.21 Å². The Morgan fingerprint density at radius 2 is 1.53 bits per heavy atom. The quantitative estimate of drug-likeness (QED) is 0.303. The molecule has 1 fully saturated rings. The lowest BCUT2D eigenvalue weighted by molar-refractivity contribution is 0.327. The summed E-state index contributed by atoms with van der Waals surface area (Å²) in [7, 11) is 13.4. The van der Waals surface area contributed by atoms with E-state index in [1.54, 1.807) is 0 Å². The molecule has 152 valence electrons. The summed E-state index contributed by atoms with van der Waals surface area (Å²) in [6.45, 7) is 0. The number of hydrogen-bond acceptors (Lipinski definition) is 2. The fourth-order valence-corrected chi connectivity index (χ4v) is 5.30. The molecule has 4 radical (unpaired) electrons. The summed E-state index contributed by atoms with van der Waals surface area (Å²) in [5.74, 6) is 0.304. The monoisotopic (exact) mass is 411 g/mol. The van der Waals surface area contributed by atoms with E-state index in [0.717, 1.165) is 51.6 Å². The third-order valence-corrected chi connectivity index (χ3v) is 7.18. The van der Waals surface area contributed by atoms with E-state index in [9.17, 15) is 0 Å². The highest BCUT2D eigenvalue weighted by Crippen LogP contribution is 2.38. The molecule has 0 aliphatic heterocycles. The highest BCUT2D eigenvalue weighted by atomic mass is 16.3. The normalized spacial score (nSPS) is 15.6. The zero-order valence-electron chi connectivity index (χ0n) is 18.1. The summed E-state index contributed by atoms with van der Waals surface area (Å²) in [4.78, 5) is 4.62. The van der Waals surface area contributed by atoms with Gasteiger partial charge in [0.25, 0.3) is 0 Å². The number of rotatable bonds is 3. The van der Waals surface area contributed by atoms with E-state index in [4.69, 9.17) is 20.1 Å². The topological polar surface area (TPSA) is 26.0 Å². The van der Waals surface area contributed by atoms with Crippen LogP contribution in [0.15, 0.2) is 77.3 Å². The summed E-state index contributed by atoms with van der Waals surface area (Å²) in [6.07, 6.45) is 7.68. The van der Waals surface area contributed by atoms with Crippen LogP contribution in [0.5, 0.6) is 0 Å². The van der Waals surface area contributed by atoms with Crippen molar-refractivity contribution in [3.05, 3.63) is 78.5 Å². The summed E-state index contributed by atoms with van der Waals surface area (Å²) >= 11 is 0. The van der Waals surface area contributed by atoms with E-state index in [1.165, 1.54) is 30.0 Å². The second kappa shape index (κ2) is 7.55. The zero-order valence-corrected chi connectivity index (χ0v) is 18.1. The van der Waals surface area contributed by atoms with Gasteiger partial charge in [-0.3, -0.25) is 4.98 Å². The molecule has 1 aliphatic carbocycles. The average molecular weight is 411 g/mol. The number of furan rings is 1. The molecule has 5 aromatic rings. The first-order valence-electron chi connectivity index (χ1n) is 11.5. The molecule has 2 nitrogen and oxygen atoms in total. The van der Waals surface area contributed by atoms with Crippen LogP contribution in [0.1, 0.15) is 37.7 Å². The van der Waals surface area contributed by atoms with Gasteiger partial charge in [-0.25, -0.2) is 0 Å². The maximum Gasteiger partial charge on any atom is 0.136 e. The van der Waals surface area contributed by atoms with Gasteiger partial charge in [0, 0.05) is 22.5 Å². The van der Waals surface area contributed by atoms with Crippen LogP contribution >= 0.6 is 0 Å². The van der Waals surface area contributed by atoms with Gasteiger partial charge in [-0.1, -0.05) is 73.2 Å². The molecule has 0 bridgehead atoms. The highest BCUT2D eigenvalue weighted by molar-refractivity contribution is 6.40. The Balaban J connectivity index is 1.42. The van der Waals surface area contributed by atoms with E-state index in [0.29, 0.717) is 5.92 Å². The van der Waals surface area contributed by atoms with E-state index >= 15 is 0 Å². The first-order valence-corrected chi connectivity index (χ1v) is 11.5. The molecule has 3 aromatic carbocycles. The second-order valence-corrected chi connectivity index (χ2v) is 9.21. The first-order chi connectivity index (χ1) is 15.6. The molecule has 0 amide bonds. The molecule has 4 heteroatoms. The molecule has 0 unspecified atom stereocenters. The maximum absolute atomic E-state index is 6.68. The minimum atomic E-state index is -0.832. The van der Waals surface area contributed by atoms with Crippen LogP contribution in [0.4, 0.5) is 0 Å². The Morgan fingerprint density at radius 1 is 0.781 bits per heavy atom. The van der Waals surface area contributed by atoms with Gasteiger partial charge in [-0.05, 0) is 53.1 Å². The lowest BCUT2D eigenvalue weighted by Crippen LogP contribution is -2.37. The molecule has 2 aromatic heterocycles. The van der Waals surface area contributed by atoms with E-state index in [-0.39, 0.29) is 0 Å². The van der Waals surface area contributed by atoms with Crippen LogP contribution in [0.3, 0.4) is 0 Å². The molecule has 0 atom stereocenters. The molecular formula is C28H23B2NO. The molecule has 0 spiro atoms. The van der Waals surface area contributed by atoms with Crippen LogP contribution in [0, 0.1) is 5.92 Å². The van der Waals surface area contributed by atoms with Crippen molar-refractivity contribution in [2.75, 3.05) is 0 Å². The Labute approximate surface area is 190 Å². The first kappa shape index (κ1) is 19.7. The molecule has 1 aliphatic rings. The van der Waals surface area contributed by atoms with Crippen LogP contribution in [-0.4, -0.2) is 20.7 Å². The van der Waals surface area contributed by atoms with E-state index in [1.807, 2.05) is 18.3 Å². The van der Waals surface area contributed by atoms with E-state index in [2.05, 4.69) is 59.6 Å². The van der Waals surface area contributed by atoms with Gasteiger partial charge in [0.1, 0.15) is 11.2 Å². The Morgan fingerprint density at radius 3 is 2.34 bits per heavy atom. The van der Waals surface area contributed by atoms with Gasteiger partial charge < -0.3 is 4.42 Å². The summed E-state index contributed by atoms with van der Waals surface area (Å²) in [5.41, 5.74) is 4.58. The number of benzene rings is 3. The van der Waals surface area contributed by atoms with Gasteiger partial charge in [0.15, 0.2) is 0 Å². The predicted molar refractivity (Wildman–Crippen MR) is 134 cm³/mol. The van der Waals surface area contributed by atoms with Crippen molar-refractivity contribution in [3.8, 4) is 11.3 Å². The smallest absolute Gasteiger partial charge is 0.136 e. The second-order valence-electron chi connectivity index (χ2n) is 9.21. The van der Waals surface area contributed by atoms with Crippen molar-refractivity contribution in [2.45, 2.75) is 37.3 Å². The van der Waals surface area contributed by atoms with Crippen molar-refractivity contribution in [1.29, 1.82) is 0 Å². The van der Waals surface area contributed by atoms with Crippen LogP contribution in [0.25, 0.3) is 44.0 Å². The van der Waals surface area contributed by atoms with Gasteiger partial charge in [-0.2, -0.15) is 0 Å². The number of pyridine rings is 1. The Kier molecular flexibility index (Phi) is 4.64.